The topological polar surface area (TPSA) is 104 Å². The molecule has 1 atom stereocenters. The fourth-order valence-electron chi connectivity index (χ4n) is 1.65. The molecule has 0 fully saturated rings. The second-order valence-corrected chi connectivity index (χ2v) is 7.21. The first-order chi connectivity index (χ1) is 9.70. The van der Waals surface area contributed by atoms with E-state index in [1.165, 1.54) is 32.4 Å². The van der Waals surface area contributed by atoms with Gasteiger partial charge in [-0.2, -0.15) is 4.31 Å². The predicted molar refractivity (Wildman–Crippen MR) is 78.8 cm³/mol. The summed E-state index contributed by atoms with van der Waals surface area (Å²) in [5.41, 5.74) is -0.0251. The summed E-state index contributed by atoms with van der Waals surface area (Å²) >= 11 is 3.06. The van der Waals surface area contributed by atoms with E-state index >= 15 is 0 Å². The quantitative estimate of drug-likeness (QED) is 0.722. The summed E-state index contributed by atoms with van der Waals surface area (Å²) in [5.74, 6) is -1.15. The van der Waals surface area contributed by atoms with Crippen LogP contribution in [0.5, 0.6) is 0 Å². The van der Waals surface area contributed by atoms with Crippen molar-refractivity contribution in [2.75, 3.05) is 27.3 Å². The Bertz CT molecular complexity index is 618. The third-order valence-corrected chi connectivity index (χ3v) is 5.49. The Balaban J connectivity index is 3.05. The number of carboxylic acids is 1. The van der Waals surface area contributed by atoms with Crippen molar-refractivity contribution in [1.82, 2.24) is 4.31 Å². The molecule has 0 heterocycles. The van der Waals surface area contributed by atoms with E-state index in [2.05, 4.69) is 15.9 Å². The Hall–Kier alpha value is -1.00. The van der Waals surface area contributed by atoms with Crippen molar-refractivity contribution in [2.45, 2.75) is 11.0 Å². The van der Waals surface area contributed by atoms with Crippen LogP contribution in [0.1, 0.15) is 10.4 Å². The number of aliphatic hydroxyl groups excluding tert-OH is 1. The average molecular weight is 382 g/mol. The zero-order valence-corrected chi connectivity index (χ0v) is 13.9. The van der Waals surface area contributed by atoms with Crippen LogP contribution in [0.4, 0.5) is 0 Å². The number of aromatic carboxylic acids is 1. The standard InChI is InChI=1S/C12H16BrNO6S/c1-14(6-9(15)7-20-2)21(18,19)11-4-3-8(12(16)17)5-10(11)13/h3-5,9,15H,6-7H2,1-2H3,(H,16,17). The van der Waals surface area contributed by atoms with Crippen molar-refractivity contribution >= 4 is 31.9 Å². The molecule has 0 aliphatic heterocycles. The van der Waals surface area contributed by atoms with Gasteiger partial charge in [-0.3, -0.25) is 0 Å². The molecule has 0 saturated heterocycles. The minimum atomic E-state index is -3.85. The maximum absolute atomic E-state index is 12.4. The number of ether oxygens (including phenoxy) is 1. The van der Waals surface area contributed by atoms with E-state index < -0.39 is 22.1 Å². The number of hydrogen-bond acceptors (Lipinski definition) is 5. The molecule has 118 valence electrons. The summed E-state index contributed by atoms with van der Waals surface area (Å²) in [5, 5.41) is 18.5. The molecular formula is C12H16BrNO6S. The van der Waals surface area contributed by atoms with Crippen LogP contribution in [0.15, 0.2) is 27.6 Å². The largest absolute Gasteiger partial charge is 0.478 e. The van der Waals surface area contributed by atoms with Gasteiger partial charge in [0.05, 0.1) is 23.2 Å². The van der Waals surface area contributed by atoms with Crippen LogP contribution in [0, 0.1) is 0 Å². The molecule has 1 aromatic carbocycles. The van der Waals surface area contributed by atoms with Gasteiger partial charge in [0.2, 0.25) is 10.0 Å². The van der Waals surface area contributed by atoms with E-state index in [0.717, 1.165) is 4.31 Å². The SMILES string of the molecule is COCC(O)CN(C)S(=O)(=O)c1ccc(C(=O)O)cc1Br. The third kappa shape index (κ3) is 4.48. The molecule has 0 spiro atoms. The number of carboxylic acid groups (broad SMARTS) is 1. The number of carbonyl (C=O) groups is 1. The van der Waals surface area contributed by atoms with Gasteiger partial charge >= 0.3 is 5.97 Å². The van der Waals surface area contributed by atoms with E-state index in [9.17, 15) is 18.3 Å². The molecule has 1 rings (SSSR count). The van der Waals surface area contributed by atoms with Gasteiger partial charge in [0.1, 0.15) is 0 Å². The van der Waals surface area contributed by atoms with E-state index in [4.69, 9.17) is 9.84 Å². The monoisotopic (exact) mass is 381 g/mol. The predicted octanol–water partition coefficient (Wildman–Crippen LogP) is 0.775. The molecule has 0 bridgehead atoms. The van der Waals surface area contributed by atoms with Crippen molar-refractivity contribution < 1.29 is 28.2 Å². The number of rotatable bonds is 7. The lowest BCUT2D eigenvalue weighted by molar-refractivity contribution is 0.0554. The zero-order valence-electron chi connectivity index (χ0n) is 11.5. The fourth-order valence-corrected chi connectivity index (χ4v) is 3.89. The van der Waals surface area contributed by atoms with Crippen LogP contribution < -0.4 is 0 Å². The highest BCUT2D eigenvalue weighted by Gasteiger charge is 2.25. The molecule has 0 radical (unpaired) electrons. The maximum Gasteiger partial charge on any atom is 0.335 e. The van der Waals surface area contributed by atoms with E-state index in [1.807, 2.05) is 0 Å². The lowest BCUT2D eigenvalue weighted by atomic mass is 10.2. The number of methoxy groups -OCH3 is 1. The first-order valence-corrected chi connectivity index (χ1v) is 8.09. The van der Waals surface area contributed by atoms with Crippen LogP contribution in [0.25, 0.3) is 0 Å². The van der Waals surface area contributed by atoms with E-state index in [-0.39, 0.29) is 28.1 Å². The van der Waals surface area contributed by atoms with E-state index in [0.29, 0.717) is 0 Å². The molecule has 0 aliphatic rings. The number of aliphatic hydroxyl groups is 1. The van der Waals surface area contributed by atoms with Crippen LogP contribution in [-0.4, -0.2) is 62.3 Å². The lowest BCUT2D eigenvalue weighted by Gasteiger charge is -2.21. The molecule has 0 aliphatic carbocycles. The van der Waals surface area contributed by atoms with Crippen LogP contribution >= 0.6 is 15.9 Å². The minimum Gasteiger partial charge on any atom is -0.478 e. The van der Waals surface area contributed by atoms with Gasteiger partial charge in [-0.1, -0.05) is 0 Å². The maximum atomic E-state index is 12.4. The van der Waals surface area contributed by atoms with Gasteiger partial charge in [-0.25, -0.2) is 13.2 Å². The number of nitrogens with zero attached hydrogens (tertiary/aromatic N) is 1. The normalized spacial score (nSPS) is 13.4. The van der Waals surface area contributed by atoms with Gasteiger partial charge < -0.3 is 14.9 Å². The van der Waals surface area contributed by atoms with Gasteiger partial charge in [0.25, 0.3) is 0 Å². The summed E-state index contributed by atoms with van der Waals surface area (Å²) in [7, 11) is -1.12. The fraction of sp³-hybridized carbons (Fsp3) is 0.417. The molecule has 21 heavy (non-hydrogen) atoms. The van der Waals surface area contributed by atoms with Crippen molar-refractivity contribution in [3.8, 4) is 0 Å². The van der Waals surface area contributed by atoms with Gasteiger partial charge in [0.15, 0.2) is 0 Å². The van der Waals surface area contributed by atoms with Crippen molar-refractivity contribution in [3.05, 3.63) is 28.2 Å². The van der Waals surface area contributed by atoms with Crippen LogP contribution in [-0.2, 0) is 14.8 Å². The summed E-state index contributed by atoms with van der Waals surface area (Å²) in [6, 6.07) is 3.64. The number of likely N-dealkylation sites (N-methyl/N-ethyl adjacent to an activating group) is 1. The molecule has 0 aromatic heterocycles. The molecule has 2 N–H and O–H groups in total. The Morgan fingerprint density at radius 2 is 2.10 bits per heavy atom. The first kappa shape index (κ1) is 18.1. The van der Waals surface area contributed by atoms with Crippen LogP contribution in [0.3, 0.4) is 0 Å². The second kappa shape index (κ2) is 7.32. The van der Waals surface area contributed by atoms with Crippen molar-refractivity contribution in [1.29, 1.82) is 0 Å². The third-order valence-electron chi connectivity index (χ3n) is 2.69. The molecule has 9 heteroatoms. The summed E-state index contributed by atoms with van der Waals surface area (Å²) in [4.78, 5) is 10.8. The molecule has 7 nitrogen and oxygen atoms in total. The zero-order chi connectivity index (χ0) is 16.2. The molecule has 1 unspecified atom stereocenters. The Kier molecular flexibility index (Phi) is 6.29. The Morgan fingerprint density at radius 3 is 2.57 bits per heavy atom. The molecule has 1 aromatic rings. The lowest BCUT2D eigenvalue weighted by Crippen LogP contribution is -2.36. The highest BCUT2D eigenvalue weighted by Crippen LogP contribution is 2.25. The number of benzene rings is 1. The number of halogens is 1. The van der Waals surface area contributed by atoms with Crippen molar-refractivity contribution in [3.63, 3.8) is 0 Å². The van der Waals surface area contributed by atoms with Crippen LogP contribution in [0.2, 0.25) is 0 Å². The van der Waals surface area contributed by atoms with E-state index in [1.54, 1.807) is 0 Å². The number of sulfonamides is 1. The highest BCUT2D eigenvalue weighted by atomic mass is 79.9. The molecule has 0 saturated carbocycles. The molecular weight excluding hydrogens is 366 g/mol. The summed E-state index contributed by atoms with van der Waals surface area (Å²) in [6.45, 7) is -0.123. The van der Waals surface area contributed by atoms with Gasteiger partial charge in [-0.15, -0.1) is 0 Å². The highest BCUT2D eigenvalue weighted by molar-refractivity contribution is 9.10. The van der Waals surface area contributed by atoms with Crippen molar-refractivity contribution in [2.24, 2.45) is 0 Å². The Morgan fingerprint density at radius 1 is 1.48 bits per heavy atom. The minimum absolute atomic E-state index is 0.0129. The summed E-state index contributed by atoms with van der Waals surface area (Å²) < 4.78 is 30.6. The second-order valence-electron chi connectivity index (χ2n) is 4.35. The smallest absolute Gasteiger partial charge is 0.335 e. The first-order valence-electron chi connectivity index (χ1n) is 5.86. The van der Waals surface area contributed by atoms with Gasteiger partial charge in [0, 0.05) is 25.2 Å². The van der Waals surface area contributed by atoms with Gasteiger partial charge in [-0.05, 0) is 34.1 Å². The summed E-state index contributed by atoms with van der Waals surface area (Å²) in [6.07, 6.45) is -0.952. The molecule has 0 amide bonds. The number of hydrogen-bond donors (Lipinski definition) is 2. The average Bonchev–Trinajstić information content (AvgIpc) is 2.38. The Labute approximate surface area is 131 Å².